The largest absolute Gasteiger partial charge is 0.497 e. The minimum atomic E-state index is -0.0910. The molecule has 3 heterocycles. The van der Waals surface area contributed by atoms with Crippen molar-refractivity contribution in [2.24, 2.45) is 0 Å². The van der Waals surface area contributed by atoms with Crippen LogP contribution in [0.2, 0.25) is 0 Å². The van der Waals surface area contributed by atoms with E-state index in [1.54, 1.807) is 25.4 Å². The molecule has 1 aliphatic heterocycles. The Hall–Kier alpha value is -3.42. The number of amides is 1. The number of ether oxygens (including phenoxy) is 1. The summed E-state index contributed by atoms with van der Waals surface area (Å²) < 4.78 is 7.12. The van der Waals surface area contributed by atoms with Crippen LogP contribution in [0.15, 0.2) is 48.8 Å². The van der Waals surface area contributed by atoms with Crippen LogP contribution >= 0.6 is 0 Å². The molecule has 0 saturated carbocycles. The fourth-order valence-corrected chi connectivity index (χ4v) is 3.32. The van der Waals surface area contributed by atoms with Gasteiger partial charge in [-0.05, 0) is 31.2 Å². The van der Waals surface area contributed by atoms with Gasteiger partial charge in [-0.25, -0.2) is 4.98 Å². The molecule has 8 nitrogen and oxygen atoms in total. The lowest BCUT2D eigenvalue weighted by Gasteiger charge is -2.36. The molecule has 2 aromatic heterocycles. The molecule has 144 valence electrons. The van der Waals surface area contributed by atoms with Crippen LogP contribution in [0, 0.1) is 6.92 Å². The van der Waals surface area contributed by atoms with Crippen molar-refractivity contribution in [3.8, 4) is 11.6 Å². The highest BCUT2D eigenvalue weighted by atomic mass is 16.5. The minimum absolute atomic E-state index is 0.0910. The Kier molecular flexibility index (Phi) is 4.92. The number of imidazole rings is 1. The first-order chi connectivity index (χ1) is 13.7. The quantitative estimate of drug-likeness (QED) is 0.691. The van der Waals surface area contributed by atoms with Gasteiger partial charge in [0.15, 0.2) is 11.5 Å². The normalized spacial score (nSPS) is 14.2. The van der Waals surface area contributed by atoms with E-state index >= 15 is 0 Å². The zero-order valence-corrected chi connectivity index (χ0v) is 15.9. The summed E-state index contributed by atoms with van der Waals surface area (Å²) in [5.41, 5.74) is 1.46. The van der Waals surface area contributed by atoms with Crippen molar-refractivity contribution in [3.05, 3.63) is 60.3 Å². The van der Waals surface area contributed by atoms with Gasteiger partial charge in [0.05, 0.1) is 7.11 Å². The highest BCUT2D eigenvalue weighted by Crippen LogP contribution is 2.22. The number of carbonyl (C=O) groups is 1. The van der Waals surface area contributed by atoms with E-state index in [1.807, 2.05) is 40.8 Å². The lowest BCUT2D eigenvalue weighted by molar-refractivity contribution is 0.0739. The zero-order valence-electron chi connectivity index (χ0n) is 15.9. The van der Waals surface area contributed by atoms with E-state index in [-0.39, 0.29) is 5.91 Å². The van der Waals surface area contributed by atoms with Crippen molar-refractivity contribution in [1.29, 1.82) is 0 Å². The minimum Gasteiger partial charge on any atom is -0.497 e. The fraction of sp³-hybridized carbons (Fsp3) is 0.300. The molecule has 0 aliphatic carbocycles. The Labute approximate surface area is 163 Å². The van der Waals surface area contributed by atoms with Gasteiger partial charge in [-0.15, -0.1) is 10.2 Å². The maximum Gasteiger partial charge on any atom is 0.274 e. The van der Waals surface area contributed by atoms with Crippen molar-refractivity contribution >= 4 is 11.6 Å². The molecule has 1 fully saturated rings. The summed E-state index contributed by atoms with van der Waals surface area (Å²) in [7, 11) is 1.66. The number of anilines is 1. The van der Waals surface area contributed by atoms with Crippen molar-refractivity contribution in [2.45, 2.75) is 6.92 Å². The molecular formula is C20H22N6O2. The van der Waals surface area contributed by atoms with Gasteiger partial charge in [0.1, 0.15) is 11.6 Å². The van der Waals surface area contributed by atoms with Gasteiger partial charge < -0.3 is 14.5 Å². The molecule has 0 N–H and O–H groups in total. The molecular weight excluding hydrogens is 356 g/mol. The third-order valence-corrected chi connectivity index (χ3v) is 4.93. The highest BCUT2D eigenvalue weighted by Gasteiger charge is 2.23. The molecule has 28 heavy (non-hydrogen) atoms. The fourth-order valence-electron chi connectivity index (χ4n) is 3.32. The number of piperazine rings is 1. The van der Waals surface area contributed by atoms with Crippen molar-refractivity contribution in [2.75, 3.05) is 38.2 Å². The number of methoxy groups -OCH3 is 1. The maximum atomic E-state index is 12.8. The number of benzene rings is 1. The van der Waals surface area contributed by atoms with E-state index in [1.165, 1.54) is 0 Å². The predicted molar refractivity (Wildman–Crippen MR) is 105 cm³/mol. The van der Waals surface area contributed by atoms with Crippen LogP contribution in [0.3, 0.4) is 0 Å². The lowest BCUT2D eigenvalue weighted by Crippen LogP contribution is -2.49. The number of aromatic nitrogens is 4. The smallest absolute Gasteiger partial charge is 0.274 e. The number of nitrogens with zero attached hydrogens (tertiary/aromatic N) is 6. The van der Waals surface area contributed by atoms with Crippen LogP contribution in [0.4, 0.5) is 5.69 Å². The van der Waals surface area contributed by atoms with Gasteiger partial charge in [0, 0.05) is 50.3 Å². The summed E-state index contributed by atoms with van der Waals surface area (Å²) in [6.07, 6.45) is 3.52. The average molecular weight is 378 g/mol. The molecule has 0 radical (unpaired) electrons. The van der Waals surface area contributed by atoms with Crippen LogP contribution in [0.1, 0.15) is 16.3 Å². The standard InChI is InChI=1S/C20H22N6O2/c1-15-21-8-9-26(15)19-7-6-18(22-23-19)20(27)25-12-10-24(11-13-25)16-4-3-5-17(14-16)28-2/h3-9,14H,10-13H2,1-2H3. The Balaban J connectivity index is 1.40. The van der Waals surface area contributed by atoms with Gasteiger partial charge in [-0.2, -0.15) is 0 Å². The monoisotopic (exact) mass is 378 g/mol. The SMILES string of the molecule is COc1cccc(N2CCN(C(=O)c3ccc(-n4ccnc4C)nn3)CC2)c1. The van der Waals surface area contributed by atoms with E-state index in [4.69, 9.17) is 4.74 Å². The third-order valence-electron chi connectivity index (χ3n) is 4.93. The molecule has 1 amide bonds. The number of carbonyl (C=O) groups excluding carboxylic acids is 1. The zero-order chi connectivity index (χ0) is 19.5. The maximum absolute atomic E-state index is 12.8. The van der Waals surface area contributed by atoms with Crippen molar-refractivity contribution in [1.82, 2.24) is 24.6 Å². The molecule has 4 rings (SSSR count). The number of hydrogen-bond acceptors (Lipinski definition) is 6. The number of rotatable bonds is 4. The third kappa shape index (κ3) is 3.53. The van der Waals surface area contributed by atoms with Gasteiger partial charge in [-0.3, -0.25) is 9.36 Å². The van der Waals surface area contributed by atoms with Crippen LogP contribution in [-0.2, 0) is 0 Å². The van der Waals surface area contributed by atoms with Crippen molar-refractivity contribution < 1.29 is 9.53 Å². The number of hydrogen-bond donors (Lipinski definition) is 0. The van der Waals surface area contributed by atoms with Crippen molar-refractivity contribution in [3.63, 3.8) is 0 Å². The van der Waals surface area contributed by atoms with Crippen LogP contribution in [0.25, 0.3) is 5.82 Å². The summed E-state index contributed by atoms with van der Waals surface area (Å²) in [4.78, 5) is 21.0. The Morgan fingerprint density at radius 2 is 1.89 bits per heavy atom. The average Bonchev–Trinajstić information content (AvgIpc) is 3.19. The van der Waals surface area contributed by atoms with E-state index in [0.29, 0.717) is 24.6 Å². The second kappa shape index (κ2) is 7.67. The summed E-state index contributed by atoms with van der Waals surface area (Å²) in [6, 6.07) is 11.5. The van der Waals surface area contributed by atoms with Crippen LogP contribution in [0.5, 0.6) is 5.75 Å². The molecule has 0 unspecified atom stereocenters. The van der Waals surface area contributed by atoms with Gasteiger partial charge >= 0.3 is 0 Å². The summed E-state index contributed by atoms with van der Waals surface area (Å²) in [5, 5.41) is 8.31. The second-order valence-corrected chi connectivity index (χ2v) is 6.60. The van der Waals surface area contributed by atoms with E-state index in [9.17, 15) is 4.79 Å². The predicted octanol–water partition coefficient (Wildman–Crippen LogP) is 1.94. The van der Waals surface area contributed by atoms with E-state index < -0.39 is 0 Å². The Bertz CT molecular complexity index is 961. The first-order valence-corrected chi connectivity index (χ1v) is 9.18. The lowest BCUT2D eigenvalue weighted by atomic mass is 10.2. The summed E-state index contributed by atoms with van der Waals surface area (Å²) in [5.74, 6) is 2.21. The molecule has 8 heteroatoms. The van der Waals surface area contributed by atoms with Gasteiger partial charge in [0.25, 0.3) is 5.91 Å². The Morgan fingerprint density at radius 1 is 1.07 bits per heavy atom. The molecule has 0 atom stereocenters. The number of aryl methyl sites for hydroxylation is 1. The van der Waals surface area contributed by atoms with E-state index in [2.05, 4.69) is 26.1 Å². The summed E-state index contributed by atoms with van der Waals surface area (Å²) >= 11 is 0. The van der Waals surface area contributed by atoms with Crippen LogP contribution in [-0.4, -0.2) is 63.8 Å². The molecule has 1 aromatic carbocycles. The van der Waals surface area contributed by atoms with Gasteiger partial charge in [0.2, 0.25) is 0 Å². The first-order valence-electron chi connectivity index (χ1n) is 9.18. The molecule has 3 aromatic rings. The second-order valence-electron chi connectivity index (χ2n) is 6.60. The first kappa shape index (κ1) is 18.0. The topological polar surface area (TPSA) is 76.4 Å². The molecule has 1 saturated heterocycles. The summed E-state index contributed by atoms with van der Waals surface area (Å²) in [6.45, 7) is 4.69. The molecule has 0 bridgehead atoms. The highest BCUT2D eigenvalue weighted by molar-refractivity contribution is 5.92. The van der Waals surface area contributed by atoms with E-state index in [0.717, 1.165) is 30.4 Å². The van der Waals surface area contributed by atoms with Gasteiger partial charge in [-0.1, -0.05) is 6.07 Å². The van der Waals surface area contributed by atoms with Crippen LogP contribution < -0.4 is 9.64 Å². The molecule has 0 spiro atoms. The molecule has 1 aliphatic rings. The Morgan fingerprint density at radius 3 is 2.54 bits per heavy atom.